The summed E-state index contributed by atoms with van der Waals surface area (Å²) in [7, 11) is 1.29. The summed E-state index contributed by atoms with van der Waals surface area (Å²) in [5, 5.41) is 19.5. The number of hydrogen-bond donors (Lipinski definition) is 0. The van der Waals surface area contributed by atoms with E-state index >= 15 is 0 Å². The molecule has 0 amide bonds. The molecule has 0 fully saturated rings. The van der Waals surface area contributed by atoms with Crippen LogP contribution >= 0.6 is 11.8 Å². The van der Waals surface area contributed by atoms with E-state index in [9.17, 15) is 14.9 Å². The van der Waals surface area contributed by atoms with E-state index < -0.39 is 4.92 Å². The van der Waals surface area contributed by atoms with Gasteiger partial charge in [-0.2, -0.15) is 5.26 Å². The molecule has 1 aromatic rings. The number of carbonyl (C=O) groups excluding carboxylic acids is 1. The first kappa shape index (κ1) is 14.0. The lowest BCUT2D eigenvalue weighted by Gasteiger charge is -2.02. The quantitative estimate of drug-likeness (QED) is 0.351. The van der Waals surface area contributed by atoms with E-state index in [0.29, 0.717) is 10.6 Å². The summed E-state index contributed by atoms with van der Waals surface area (Å²) >= 11 is 1.19. The van der Waals surface area contributed by atoms with Crippen LogP contribution in [-0.4, -0.2) is 23.8 Å². The molecule has 0 bridgehead atoms. The maximum atomic E-state index is 10.9. The van der Waals surface area contributed by atoms with Gasteiger partial charge in [-0.25, -0.2) is 0 Å². The summed E-state index contributed by atoms with van der Waals surface area (Å²) in [6, 6.07) is 6.09. The number of hydrogen-bond acceptors (Lipinski definition) is 6. The molecule has 0 aliphatic carbocycles. The zero-order valence-corrected chi connectivity index (χ0v) is 10.4. The number of thioether (sulfide) groups is 1. The van der Waals surface area contributed by atoms with Gasteiger partial charge in [0.2, 0.25) is 0 Å². The summed E-state index contributed by atoms with van der Waals surface area (Å²) in [6.45, 7) is 0. The molecule has 1 rings (SSSR count). The summed E-state index contributed by atoms with van der Waals surface area (Å²) in [6.07, 6.45) is 0.179. The predicted octanol–water partition coefficient (Wildman–Crippen LogP) is 2.12. The van der Waals surface area contributed by atoms with Crippen LogP contribution in [0.2, 0.25) is 0 Å². The Morgan fingerprint density at radius 3 is 2.89 bits per heavy atom. The normalized spacial score (nSPS) is 9.56. The van der Waals surface area contributed by atoms with Gasteiger partial charge in [0.25, 0.3) is 5.69 Å². The smallest absolute Gasteiger partial charge is 0.306 e. The average molecular weight is 266 g/mol. The van der Waals surface area contributed by atoms with Crippen molar-refractivity contribution in [2.24, 2.45) is 0 Å². The predicted molar refractivity (Wildman–Crippen MR) is 65.2 cm³/mol. The van der Waals surface area contributed by atoms with Crippen LogP contribution in [0.15, 0.2) is 23.1 Å². The molecule has 0 N–H and O–H groups in total. The molecule has 7 heteroatoms. The average Bonchev–Trinajstić information content (AvgIpc) is 2.38. The van der Waals surface area contributed by atoms with Crippen molar-refractivity contribution in [2.45, 2.75) is 11.3 Å². The van der Waals surface area contributed by atoms with Crippen LogP contribution in [-0.2, 0) is 9.53 Å². The topological polar surface area (TPSA) is 93.2 Å². The van der Waals surface area contributed by atoms with Crippen molar-refractivity contribution in [3.05, 3.63) is 33.9 Å². The minimum absolute atomic E-state index is 0.121. The van der Waals surface area contributed by atoms with Crippen LogP contribution in [0.1, 0.15) is 12.0 Å². The standard InChI is InChI=1S/C11H10N2O4S/c1-17-11(14)4-5-18-10-3-2-8(7-12)6-9(10)13(15)16/h2-3,6H,4-5H2,1H3. The molecule has 0 atom stereocenters. The van der Waals surface area contributed by atoms with Gasteiger partial charge in [-0.3, -0.25) is 14.9 Å². The maximum Gasteiger partial charge on any atom is 0.306 e. The molecule has 0 spiro atoms. The molecule has 18 heavy (non-hydrogen) atoms. The van der Waals surface area contributed by atoms with Crippen LogP contribution in [0.4, 0.5) is 5.69 Å². The number of benzene rings is 1. The monoisotopic (exact) mass is 266 g/mol. The minimum atomic E-state index is -0.540. The third-order valence-corrected chi connectivity index (χ3v) is 3.14. The highest BCUT2D eigenvalue weighted by Crippen LogP contribution is 2.30. The van der Waals surface area contributed by atoms with Crippen molar-refractivity contribution in [1.82, 2.24) is 0 Å². The molecule has 0 unspecified atom stereocenters. The Morgan fingerprint density at radius 2 is 2.33 bits per heavy atom. The van der Waals surface area contributed by atoms with E-state index in [1.165, 1.54) is 37.1 Å². The van der Waals surface area contributed by atoms with Gasteiger partial charge in [0.1, 0.15) is 0 Å². The first-order valence-corrected chi connectivity index (χ1v) is 5.95. The van der Waals surface area contributed by atoms with Gasteiger partial charge in [-0.1, -0.05) is 0 Å². The van der Waals surface area contributed by atoms with Crippen LogP contribution in [0, 0.1) is 21.4 Å². The van der Waals surface area contributed by atoms with Crippen LogP contribution in [0.3, 0.4) is 0 Å². The second-order valence-electron chi connectivity index (χ2n) is 3.23. The number of ether oxygens (including phenoxy) is 1. The summed E-state index contributed by atoms with van der Waals surface area (Å²) in [5.74, 6) is 0.0261. The fraction of sp³-hybridized carbons (Fsp3) is 0.273. The SMILES string of the molecule is COC(=O)CCSc1ccc(C#N)cc1[N+](=O)[O-]. The second-order valence-corrected chi connectivity index (χ2v) is 4.36. The molecule has 6 nitrogen and oxygen atoms in total. The molecule has 0 saturated carbocycles. The first-order chi connectivity index (χ1) is 8.58. The van der Waals surface area contributed by atoms with Crippen molar-refractivity contribution in [3.8, 4) is 6.07 Å². The highest BCUT2D eigenvalue weighted by atomic mass is 32.2. The van der Waals surface area contributed by atoms with Crippen molar-refractivity contribution >= 4 is 23.4 Å². The zero-order chi connectivity index (χ0) is 13.5. The van der Waals surface area contributed by atoms with Crippen molar-refractivity contribution < 1.29 is 14.5 Å². The van der Waals surface area contributed by atoms with Crippen LogP contribution < -0.4 is 0 Å². The molecule has 0 saturated heterocycles. The van der Waals surface area contributed by atoms with Gasteiger partial charge in [-0.05, 0) is 12.1 Å². The Morgan fingerprint density at radius 1 is 1.61 bits per heavy atom. The van der Waals surface area contributed by atoms with E-state index in [1.54, 1.807) is 0 Å². The molecule has 1 aromatic carbocycles. The number of nitro benzene ring substituents is 1. The van der Waals surface area contributed by atoms with Gasteiger partial charge in [0.15, 0.2) is 0 Å². The Labute approximate surface area is 108 Å². The summed E-state index contributed by atoms with van der Waals surface area (Å²) in [5.41, 5.74) is 0.114. The molecule has 0 aliphatic heterocycles. The Bertz CT molecular complexity index is 510. The lowest BCUT2D eigenvalue weighted by molar-refractivity contribution is -0.387. The number of nitro groups is 1. The molecular weight excluding hydrogens is 256 g/mol. The number of nitrogens with zero attached hydrogens (tertiary/aromatic N) is 2. The van der Waals surface area contributed by atoms with Crippen LogP contribution in [0.25, 0.3) is 0 Å². The maximum absolute atomic E-state index is 10.9. The second kappa shape index (κ2) is 6.61. The minimum Gasteiger partial charge on any atom is -0.469 e. The third-order valence-electron chi connectivity index (χ3n) is 2.08. The summed E-state index contributed by atoms with van der Waals surface area (Å²) < 4.78 is 4.47. The van der Waals surface area contributed by atoms with Crippen molar-refractivity contribution in [2.75, 3.05) is 12.9 Å². The van der Waals surface area contributed by atoms with Crippen LogP contribution in [0.5, 0.6) is 0 Å². The fourth-order valence-electron chi connectivity index (χ4n) is 1.20. The van der Waals surface area contributed by atoms with Gasteiger partial charge >= 0.3 is 5.97 Å². The molecular formula is C11H10N2O4S. The molecule has 0 aromatic heterocycles. The Balaban J connectivity index is 2.79. The van der Waals surface area contributed by atoms with Gasteiger partial charge in [-0.15, -0.1) is 11.8 Å². The molecule has 0 radical (unpaired) electrons. The van der Waals surface area contributed by atoms with E-state index in [0.717, 1.165) is 0 Å². The number of methoxy groups -OCH3 is 1. The Kier molecular flexibility index (Phi) is 5.14. The highest BCUT2D eigenvalue weighted by molar-refractivity contribution is 7.99. The zero-order valence-electron chi connectivity index (χ0n) is 9.58. The highest BCUT2D eigenvalue weighted by Gasteiger charge is 2.15. The lowest BCUT2D eigenvalue weighted by atomic mass is 10.2. The molecule has 94 valence electrons. The molecule has 0 aliphatic rings. The molecule has 0 heterocycles. The van der Waals surface area contributed by atoms with Gasteiger partial charge in [0.05, 0.1) is 35.0 Å². The van der Waals surface area contributed by atoms with Crippen molar-refractivity contribution in [3.63, 3.8) is 0 Å². The fourth-order valence-corrected chi connectivity index (χ4v) is 2.13. The number of nitriles is 1. The first-order valence-electron chi connectivity index (χ1n) is 4.96. The van der Waals surface area contributed by atoms with E-state index in [-0.39, 0.29) is 23.6 Å². The van der Waals surface area contributed by atoms with Crippen molar-refractivity contribution in [1.29, 1.82) is 5.26 Å². The van der Waals surface area contributed by atoms with E-state index in [1.807, 2.05) is 6.07 Å². The lowest BCUT2D eigenvalue weighted by Crippen LogP contribution is -2.01. The number of rotatable bonds is 5. The number of carbonyl (C=O) groups is 1. The van der Waals surface area contributed by atoms with Gasteiger partial charge in [0, 0.05) is 11.8 Å². The van der Waals surface area contributed by atoms with E-state index in [4.69, 9.17) is 5.26 Å². The van der Waals surface area contributed by atoms with E-state index in [2.05, 4.69) is 4.74 Å². The third kappa shape index (κ3) is 3.75. The number of esters is 1. The largest absolute Gasteiger partial charge is 0.469 e. The summed E-state index contributed by atoms with van der Waals surface area (Å²) in [4.78, 5) is 21.6. The Hall–Kier alpha value is -2.07. The van der Waals surface area contributed by atoms with Gasteiger partial charge < -0.3 is 4.74 Å².